The highest BCUT2D eigenvalue weighted by molar-refractivity contribution is 6.29. The number of benzene rings is 1. The average Bonchev–Trinajstić information content (AvgIpc) is 2.59. The number of nitrogens with one attached hydrogen (secondary N) is 3. The summed E-state index contributed by atoms with van der Waals surface area (Å²) < 4.78 is 0. The summed E-state index contributed by atoms with van der Waals surface area (Å²) in [4.78, 5) is 19.4. The molecule has 7 heteroatoms. The molecule has 132 valence electrons. The molecule has 2 aromatic rings. The minimum Gasteiger partial charge on any atom is -0.356 e. The largest absolute Gasteiger partial charge is 0.356 e. The van der Waals surface area contributed by atoms with Gasteiger partial charge in [-0.25, -0.2) is 4.98 Å². The van der Waals surface area contributed by atoms with Crippen LogP contribution in [0.4, 0.5) is 5.69 Å². The topological polar surface area (TPSA) is 78.4 Å². The molecule has 6 nitrogen and oxygen atoms in total. The van der Waals surface area contributed by atoms with Gasteiger partial charge < -0.3 is 16.0 Å². The van der Waals surface area contributed by atoms with Gasteiger partial charge in [0.05, 0.1) is 0 Å². The van der Waals surface area contributed by atoms with Gasteiger partial charge in [-0.05, 0) is 35.7 Å². The van der Waals surface area contributed by atoms with Crippen LogP contribution in [0.5, 0.6) is 0 Å². The number of carbonyl (C=O) groups excluding carboxylic acids is 1. The minimum absolute atomic E-state index is 0.0840. The van der Waals surface area contributed by atoms with Gasteiger partial charge in [-0.2, -0.15) is 0 Å². The number of anilines is 1. The number of amides is 1. The number of aromatic nitrogens is 1. The predicted octanol–water partition coefficient (Wildman–Crippen LogP) is 2.60. The quantitative estimate of drug-likeness (QED) is 0.421. The van der Waals surface area contributed by atoms with Crippen LogP contribution < -0.4 is 16.0 Å². The maximum Gasteiger partial charge on any atom is 0.221 e. The summed E-state index contributed by atoms with van der Waals surface area (Å²) in [7, 11) is 1.73. The van der Waals surface area contributed by atoms with Crippen LogP contribution >= 0.6 is 11.6 Å². The zero-order chi connectivity index (χ0) is 18.1. The fraction of sp³-hybridized carbons (Fsp3) is 0.278. The van der Waals surface area contributed by atoms with E-state index in [1.165, 1.54) is 6.92 Å². The Morgan fingerprint density at radius 1 is 1.20 bits per heavy atom. The van der Waals surface area contributed by atoms with Crippen LogP contribution in [0.3, 0.4) is 0 Å². The molecule has 25 heavy (non-hydrogen) atoms. The van der Waals surface area contributed by atoms with E-state index in [9.17, 15) is 4.79 Å². The fourth-order valence-corrected chi connectivity index (χ4v) is 2.36. The number of guanidine groups is 1. The van der Waals surface area contributed by atoms with Gasteiger partial charge in [-0.1, -0.05) is 29.8 Å². The first-order valence-electron chi connectivity index (χ1n) is 7.98. The molecule has 0 spiro atoms. The van der Waals surface area contributed by atoms with Crippen molar-refractivity contribution in [1.82, 2.24) is 15.6 Å². The lowest BCUT2D eigenvalue weighted by molar-refractivity contribution is -0.114. The van der Waals surface area contributed by atoms with Crippen molar-refractivity contribution in [3.05, 3.63) is 58.9 Å². The molecule has 3 N–H and O–H groups in total. The molecule has 2 rings (SSSR count). The number of carbonyl (C=O) groups is 1. The number of pyridine rings is 1. The van der Waals surface area contributed by atoms with E-state index < -0.39 is 0 Å². The predicted molar refractivity (Wildman–Crippen MR) is 102 cm³/mol. The maximum absolute atomic E-state index is 11.1. The number of rotatable bonds is 6. The highest BCUT2D eigenvalue weighted by Crippen LogP contribution is 2.10. The van der Waals surface area contributed by atoms with Crippen molar-refractivity contribution in [2.75, 3.05) is 18.9 Å². The lowest BCUT2D eigenvalue weighted by atomic mass is 10.2. The Kier molecular flexibility index (Phi) is 7.22. The number of hydrogen-bond acceptors (Lipinski definition) is 3. The standard InChI is InChI=1S/C18H22ClN5O/c1-13(25)24-16-5-3-4-15(10-16)12-23-18(20-2)21-9-8-14-6-7-17(19)22-11-14/h3-7,10-11H,8-9,12H2,1-2H3,(H,24,25)(H2,20,21,23). The molecule has 0 aliphatic rings. The van der Waals surface area contributed by atoms with E-state index in [0.717, 1.165) is 29.8 Å². The third-order valence-corrected chi connectivity index (χ3v) is 3.65. The van der Waals surface area contributed by atoms with Crippen LogP contribution in [0.1, 0.15) is 18.1 Å². The molecule has 1 heterocycles. The summed E-state index contributed by atoms with van der Waals surface area (Å²) in [5.41, 5.74) is 2.94. The molecule has 0 saturated heterocycles. The van der Waals surface area contributed by atoms with E-state index in [4.69, 9.17) is 11.6 Å². The fourth-order valence-electron chi connectivity index (χ4n) is 2.25. The summed E-state index contributed by atoms with van der Waals surface area (Å²) in [5.74, 6) is 0.631. The van der Waals surface area contributed by atoms with Gasteiger partial charge in [0.2, 0.25) is 5.91 Å². The van der Waals surface area contributed by atoms with Crippen molar-refractivity contribution >= 4 is 29.2 Å². The average molecular weight is 360 g/mol. The SMILES string of the molecule is CN=C(NCCc1ccc(Cl)nc1)NCc1cccc(NC(C)=O)c1. The molecule has 0 unspecified atom stereocenters. The lowest BCUT2D eigenvalue weighted by Crippen LogP contribution is -2.37. The smallest absolute Gasteiger partial charge is 0.221 e. The number of halogens is 1. The van der Waals surface area contributed by atoms with Crippen molar-refractivity contribution in [3.8, 4) is 0 Å². The molecule has 0 bridgehead atoms. The summed E-state index contributed by atoms with van der Waals surface area (Å²) in [6, 6.07) is 11.4. The van der Waals surface area contributed by atoms with Crippen molar-refractivity contribution in [2.45, 2.75) is 19.9 Å². The van der Waals surface area contributed by atoms with E-state index in [2.05, 4.69) is 25.9 Å². The van der Waals surface area contributed by atoms with Crippen LogP contribution in [-0.4, -0.2) is 30.4 Å². The number of aliphatic imine (C=N–C) groups is 1. The molecule has 1 amide bonds. The van der Waals surface area contributed by atoms with Crippen molar-refractivity contribution in [2.24, 2.45) is 4.99 Å². The normalized spacial score (nSPS) is 11.1. The molecular formula is C18H22ClN5O. The Balaban J connectivity index is 1.80. The maximum atomic E-state index is 11.1. The second-order valence-corrected chi connectivity index (χ2v) is 5.86. The first kappa shape index (κ1) is 18.7. The summed E-state index contributed by atoms with van der Waals surface area (Å²) in [5, 5.41) is 9.78. The van der Waals surface area contributed by atoms with Gasteiger partial charge in [0.15, 0.2) is 5.96 Å². The zero-order valence-electron chi connectivity index (χ0n) is 14.3. The van der Waals surface area contributed by atoms with E-state index in [1.807, 2.05) is 30.3 Å². The van der Waals surface area contributed by atoms with Crippen LogP contribution in [0.25, 0.3) is 0 Å². The lowest BCUT2D eigenvalue weighted by Gasteiger charge is -2.12. The minimum atomic E-state index is -0.0840. The second kappa shape index (κ2) is 9.64. The summed E-state index contributed by atoms with van der Waals surface area (Å²) >= 11 is 5.78. The van der Waals surface area contributed by atoms with Gasteiger partial charge in [0.25, 0.3) is 0 Å². The highest BCUT2D eigenvalue weighted by atomic mass is 35.5. The summed E-state index contributed by atoms with van der Waals surface area (Å²) in [6.45, 7) is 2.83. The highest BCUT2D eigenvalue weighted by Gasteiger charge is 2.01. The molecule has 0 atom stereocenters. The van der Waals surface area contributed by atoms with Crippen molar-refractivity contribution < 1.29 is 4.79 Å². The Morgan fingerprint density at radius 3 is 2.72 bits per heavy atom. The molecule has 0 aliphatic heterocycles. The van der Waals surface area contributed by atoms with Crippen LogP contribution in [0.2, 0.25) is 5.15 Å². The van der Waals surface area contributed by atoms with Crippen LogP contribution in [0.15, 0.2) is 47.6 Å². The number of nitrogens with zero attached hydrogens (tertiary/aromatic N) is 2. The number of hydrogen-bond donors (Lipinski definition) is 3. The Hall–Kier alpha value is -2.60. The third-order valence-electron chi connectivity index (χ3n) is 3.43. The first-order valence-corrected chi connectivity index (χ1v) is 8.36. The molecular weight excluding hydrogens is 338 g/mol. The van der Waals surface area contributed by atoms with Gasteiger partial charge in [0, 0.05) is 38.9 Å². The first-order chi connectivity index (χ1) is 12.1. The zero-order valence-corrected chi connectivity index (χ0v) is 15.1. The summed E-state index contributed by atoms with van der Waals surface area (Å²) in [6.07, 6.45) is 2.59. The van der Waals surface area contributed by atoms with Crippen LogP contribution in [0, 0.1) is 0 Å². The van der Waals surface area contributed by atoms with Crippen molar-refractivity contribution in [1.29, 1.82) is 0 Å². The molecule has 0 radical (unpaired) electrons. The van der Waals surface area contributed by atoms with E-state index in [-0.39, 0.29) is 5.91 Å². The third kappa shape index (κ3) is 6.81. The van der Waals surface area contributed by atoms with E-state index >= 15 is 0 Å². The van der Waals surface area contributed by atoms with Crippen molar-refractivity contribution in [3.63, 3.8) is 0 Å². The molecule has 1 aromatic heterocycles. The van der Waals surface area contributed by atoms with Crippen LogP contribution in [-0.2, 0) is 17.8 Å². The monoisotopic (exact) mass is 359 g/mol. The Labute approximate surface area is 152 Å². The van der Waals surface area contributed by atoms with Gasteiger partial charge in [-0.15, -0.1) is 0 Å². The van der Waals surface area contributed by atoms with Gasteiger partial charge in [-0.3, -0.25) is 9.79 Å². The van der Waals surface area contributed by atoms with E-state index in [1.54, 1.807) is 19.3 Å². The van der Waals surface area contributed by atoms with E-state index in [0.29, 0.717) is 17.7 Å². The molecule has 0 fully saturated rings. The van der Waals surface area contributed by atoms with Gasteiger partial charge >= 0.3 is 0 Å². The molecule has 0 aliphatic carbocycles. The Bertz CT molecular complexity index is 731. The molecule has 0 saturated carbocycles. The molecule has 1 aromatic carbocycles. The second-order valence-electron chi connectivity index (χ2n) is 5.47. The van der Waals surface area contributed by atoms with Gasteiger partial charge in [0.1, 0.15) is 5.15 Å². The Morgan fingerprint density at radius 2 is 2.04 bits per heavy atom.